The normalized spacial score (nSPS) is 12.8. The number of Topliss-reactive ketones (excluding diaryl/α,β-unsaturated/α-hetero) is 1. The number of methoxy groups -OCH3 is 1. The molecule has 1 aromatic carbocycles. The SMILES string of the molecule is COC(=O)c1n[nH]c2c1C(=O)C(SCCCCNC(=O)Oc1ccccc1)=CC2=O. The number of aromatic nitrogens is 2. The number of thioether (sulfide) groups is 1. The van der Waals surface area contributed by atoms with Gasteiger partial charge < -0.3 is 14.8 Å². The van der Waals surface area contributed by atoms with Gasteiger partial charge in [0, 0.05) is 12.6 Å². The van der Waals surface area contributed by atoms with E-state index in [0.717, 1.165) is 0 Å². The number of H-pyrrole nitrogens is 1. The van der Waals surface area contributed by atoms with E-state index in [9.17, 15) is 19.2 Å². The molecule has 10 heteroatoms. The second kappa shape index (κ2) is 9.88. The van der Waals surface area contributed by atoms with Gasteiger partial charge in [-0.2, -0.15) is 5.10 Å². The largest absolute Gasteiger partial charge is 0.464 e. The Morgan fingerprint density at radius 1 is 1.17 bits per heavy atom. The molecule has 0 unspecified atom stereocenters. The van der Waals surface area contributed by atoms with Crippen molar-refractivity contribution in [2.45, 2.75) is 12.8 Å². The summed E-state index contributed by atoms with van der Waals surface area (Å²) in [7, 11) is 1.17. The van der Waals surface area contributed by atoms with Crippen molar-refractivity contribution in [2.24, 2.45) is 0 Å². The summed E-state index contributed by atoms with van der Waals surface area (Å²) in [5, 5.41) is 8.81. The van der Waals surface area contributed by atoms with Gasteiger partial charge in [-0.3, -0.25) is 14.7 Å². The van der Waals surface area contributed by atoms with Gasteiger partial charge >= 0.3 is 12.1 Å². The van der Waals surface area contributed by atoms with Crippen LogP contribution in [0, 0.1) is 0 Å². The molecule has 0 saturated heterocycles. The molecule has 0 atom stereocenters. The highest BCUT2D eigenvalue weighted by molar-refractivity contribution is 8.04. The van der Waals surface area contributed by atoms with Crippen molar-refractivity contribution in [2.75, 3.05) is 19.4 Å². The average molecular weight is 429 g/mol. The van der Waals surface area contributed by atoms with E-state index < -0.39 is 23.6 Å². The van der Waals surface area contributed by atoms with Gasteiger partial charge in [-0.05, 0) is 30.7 Å². The van der Waals surface area contributed by atoms with Gasteiger partial charge in [0.25, 0.3) is 0 Å². The van der Waals surface area contributed by atoms with Gasteiger partial charge in [0.15, 0.2) is 5.69 Å². The van der Waals surface area contributed by atoms with Crippen LogP contribution < -0.4 is 10.1 Å². The Hall–Kier alpha value is -3.40. The van der Waals surface area contributed by atoms with Crippen molar-refractivity contribution < 1.29 is 28.7 Å². The lowest BCUT2D eigenvalue weighted by Gasteiger charge is -2.12. The summed E-state index contributed by atoms with van der Waals surface area (Å²) in [5.41, 5.74) is -0.258. The molecule has 1 aliphatic rings. The van der Waals surface area contributed by atoms with E-state index in [0.29, 0.717) is 30.9 Å². The first kappa shape index (κ1) is 21.3. The molecule has 0 aliphatic heterocycles. The summed E-state index contributed by atoms with van der Waals surface area (Å²) in [6, 6.07) is 8.73. The number of hydrogen-bond acceptors (Lipinski definition) is 8. The van der Waals surface area contributed by atoms with Crippen LogP contribution in [0.15, 0.2) is 41.3 Å². The van der Waals surface area contributed by atoms with E-state index in [4.69, 9.17) is 4.74 Å². The minimum atomic E-state index is -0.784. The number of hydrogen-bond donors (Lipinski definition) is 2. The Morgan fingerprint density at radius 2 is 1.93 bits per heavy atom. The summed E-state index contributed by atoms with van der Waals surface area (Å²) >= 11 is 1.22. The number of carbonyl (C=O) groups excluding carboxylic acids is 4. The maximum Gasteiger partial charge on any atom is 0.412 e. The van der Waals surface area contributed by atoms with Crippen LogP contribution in [-0.2, 0) is 4.74 Å². The summed E-state index contributed by atoms with van der Waals surface area (Å²) in [6.45, 7) is 0.413. The minimum absolute atomic E-state index is 0.00845. The number of nitrogens with zero attached hydrogens (tertiary/aromatic N) is 1. The number of aromatic amines is 1. The zero-order valence-electron chi connectivity index (χ0n) is 16.1. The number of amides is 1. The lowest BCUT2D eigenvalue weighted by atomic mass is 9.99. The fraction of sp³-hybridized carbons (Fsp3) is 0.250. The summed E-state index contributed by atoms with van der Waals surface area (Å²) in [5.74, 6) is -0.620. The molecule has 0 radical (unpaired) electrons. The highest BCUT2D eigenvalue weighted by atomic mass is 32.2. The van der Waals surface area contributed by atoms with E-state index in [1.165, 1.54) is 24.9 Å². The van der Waals surface area contributed by atoms with Crippen molar-refractivity contribution >= 4 is 35.4 Å². The van der Waals surface area contributed by atoms with Crippen LogP contribution in [0.1, 0.15) is 44.2 Å². The van der Waals surface area contributed by atoms with Gasteiger partial charge in [-0.25, -0.2) is 9.59 Å². The maximum atomic E-state index is 12.7. The van der Waals surface area contributed by atoms with Crippen molar-refractivity contribution in [3.63, 3.8) is 0 Å². The highest BCUT2D eigenvalue weighted by Gasteiger charge is 2.34. The molecule has 3 rings (SSSR count). The molecule has 1 heterocycles. The number of rotatable bonds is 8. The molecular formula is C20H19N3O6S. The van der Waals surface area contributed by atoms with Gasteiger partial charge in [-0.1, -0.05) is 18.2 Å². The van der Waals surface area contributed by atoms with Crippen LogP contribution in [0.25, 0.3) is 0 Å². The Labute approximate surface area is 176 Å². The predicted molar refractivity (Wildman–Crippen MR) is 109 cm³/mol. The number of para-hydroxylation sites is 1. The zero-order chi connectivity index (χ0) is 21.5. The van der Waals surface area contributed by atoms with Crippen LogP contribution in [0.4, 0.5) is 4.79 Å². The number of benzene rings is 1. The minimum Gasteiger partial charge on any atom is -0.464 e. The molecule has 1 aliphatic carbocycles. The molecule has 0 spiro atoms. The van der Waals surface area contributed by atoms with Gasteiger partial charge in [0.1, 0.15) is 11.4 Å². The van der Waals surface area contributed by atoms with Crippen molar-refractivity contribution in [1.82, 2.24) is 15.5 Å². The fourth-order valence-electron chi connectivity index (χ4n) is 2.70. The fourth-order valence-corrected chi connectivity index (χ4v) is 3.70. The second-order valence-electron chi connectivity index (χ2n) is 6.20. The quantitative estimate of drug-likeness (QED) is 0.484. The van der Waals surface area contributed by atoms with E-state index >= 15 is 0 Å². The van der Waals surface area contributed by atoms with E-state index in [-0.39, 0.29) is 21.9 Å². The first-order valence-electron chi connectivity index (χ1n) is 9.12. The molecule has 2 aromatic rings. The number of ether oxygens (including phenoxy) is 2. The molecule has 1 aromatic heterocycles. The monoisotopic (exact) mass is 429 g/mol. The third-order valence-electron chi connectivity index (χ3n) is 4.16. The van der Waals surface area contributed by atoms with Crippen molar-refractivity contribution in [3.05, 3.63) is 58.3 Å². The van der Waals surface area contributed by atoms with E-state index in [1.807, 2.05) is 6.07 Å². The van der Waals surface area contributed by atoms with Crippen LogP contribution in [0.2, 0.25) is 0 Å². The molecular weight excluding hydrogens is 410 g/mol. The van der Waals surface area contributed by atoms with Gasteiger partial charge in [0.05, 0.1) is 17.6 Å². The number of carbonyl (C=O) groups is 4. The lowest BCUT2D eigenvalue weighted by molar-refractivity contribution is 0.0591. The summed E-state index contributed by atoms with van der Waals surface area (Å²) in [4.78, 5) is 48.6. The standard InChI is InChI=1S/C20H19N3O6S/c1-28-19(26)17-15-16(22-23-17)13(24)11-14(18(15)25)30-10-6-5-9-21-20(27)29-12-7-3-2-4-8-12/h2-4,7-8,11H,5-6,9-10H2,1H3,(H,21,27)(H,22,23). The van der Waals surface area contributed by atoms with Gasteiger partial charge in [-0.15, -0.1) is 11.8 Å². The number of ketones is 2. The number of allylic oxidation sites excluding steroid dienone is 2. The number of esters is 1. The van der Waals surface area contributed by atoms with Crippen LogP contribution in [0.5, 0.6) is 5.75 Å². The summed E-state index contributed by atoms with van der Waals surface area (Å²) in [6.07, 6.45) is 2.06. The van der Waals surface area contributed by atoms with Crippen LogP contribution >= 0.6 is 11.8 Å². The predicted octanol–water partition coefficient (Wildman–Crippen LogP) is 2.76. The number of fused-ring (bicyclic) bond motifs is 1. The smallest absolute Gasteiger partial charge is 0.412 e. The average Bonchev–Trinajstić information content (AvgIpc) is 3.20. The van der Waals surface area contributed by atoms with E-state index in [1.54, 1.807) is 24.3 Å². The van der Waals surface area contributed by atoms with Crippen LogP contribution in [0.3, 0.4) is 0 Å². The molecule has 30 heavy (non-hydrogen) atoms. The molecule has 0 saturated carbocycles. The first-order chi connectivity index (χ1) is 14.5. The Kier molecular flexibility index (Phi) is 7.02. The lowest BCUT2D eigenvalue weighted by Crippen LogP contribution is -2.27. The second-order valence-corrected chi connectivity index (χ2v) is 7.34. The molecule has 9 nitrogen and oxygen atoms in total. The molecule has 156 valence electrons. The molecule has 2 N–H and O–H groups in total. The topological polar surface area (TPSA) is 127 Å². The van der Waals surface area contributed by atoms with Gasteiger partial charge in [0.2, 0.25) is 11.6 Å². The Balaban J connectivity index is 1.44. The van der Waals surface area contributed by atoms with E-state index in [2.05, 4.69) is 20.3 Å². The first-order valence-corrected chi connectivity index (χ1v) is 10.1. The third-order valence-corrected chi connectivity index (χ3v) is 5.26. The number of unbranched alkanes of at least 4 members (excludes halogenated alkanes) is 1. The number of nitrogens with one attached hydrogen (secondary N) is 2. The zero-order valence-corrected chi connectivity index (χ0v) is 16.9. The Morgan fingerprint density at radius 3 is 2.67 bits per heavy atom. The highest BCUT2D eigenvalue weighted by Crippen LogP contribution is 2.30. The maximum absolute atomic E-state index is 12.7. The summed E-state index contributed by atoms with van der Waals surface area (Å²) < 4.78 is 9.72. The Bertz CT molecular complexity index is 999. The van der Waals surface area contributed by atoms with Crippen molar-refractivity contribution in [3.8, 4) is 5.75 Å². The van der Waals surface area contributed by atoms with Crippen molar-refractivity contribution in [1.29, 1.82) is 0 Å². The molecule has 1 amide bonds. The molecule has 0 fully saturated rings. The van der Waals surface area contributed by atoms with Crippen LogP contribution in [-0.4, -0.2) is 53.2 Å². The third kappa shape index (κ3) is 4.95. The molecule has 0 bridgehead atoms.